The zero-order valence-corrected chi connectivity index (χ0v) is 16.2. The van der Waals surface area contributed by atoms with Gasteiger partial charge in [-0.05, 0) is 23.8 Å². The SMILES string of the molecule is COc1cc(C2=CC=C3[C@@H]2N3C(=O)CN2Cc3c(ccc(F)c3F)NC2=O)c(F)cn1.[HH]. The number of amides is 3. The maximum absolute atomic E-state index is 14.3. The first-order chi connectivity index (χ1) is 14.9. The van der Waals surface area contributed by atoms with Crippen molar-refractivity contribution in [3.63, 3.8) is 0 Å². The van der Waals surface area contributed by atoms with Crippen molar-refractivity contribution in [2.75, 3.05) is 19.0 Å². The van der Waals surface area contributed by atoms with E-state index in [1.807, 2.05) is 0 Å². The van der Waals surface area contributed by atoms with Gasteiger partial charge in [-0.2, -0.15) is 0 Å². The van der Waals surface area contributed by atoms with E-state index in [0.29, 0.717) is 11.3 Å². The van der Waals surface area contributed by atoms with Crippen LogP contribution in [-0.4, -0.2) is 46.4 Å². The minimum atomic E-state index is -1.06. The van der Waals surface area contributed by atoms with Crippen molar-refractivity contribution >= 4 is 23.2 Å². The molecule has 1 aromatic heterocycles. The molecule has 0 radical (unpaired) electrons. The van der Waals surface area contributed by atoms with Gasteiger partial charge in [0.2, 0.25) is 11.8 Å². The van der Waals surface area contributed by atoms with Crippen molar-refractivity contribution in [1.82, 2.24) is 14.8 Å². The highest BCUT2D eigenvalue weighted by atomic mass is 19.2. The van der Waals surface area contributed by atoms with Gasteiger partial charge in [0.25, 0.3) is 0 Å². The van der Waals surface area contributed by atoms with E-state index in [1.54, 1.807) is 12.2 Å². The summed E-state index contributed by atoms with van der Waals surface area (Å²) in [6.45, 7) is -0.586. The maximum Gasteiger partial charge on any atom is 0.322 e. The molecule has 31 heavy (non-hydrogen) atoms. The summed E-state index contributed by atoms with van der Waals surface area (Å²) in [6, 6.07) is 2.63. The van der Waals surface area contributed by atoms with Crippen LogP contribution in [0.4, 0.5) is 23.7 Å². The lowest BCUT2D eigenvalue weighted by molar-refractivity contribution is -0.126. The van der Waals surface area contributed by atoms with Gasteiger partial charge in [0.05, 0.1) is 25.5 Å². The van der Waals surface area contributed by atoms with Crippen LogP contribution >= 0.6 is 0 Å². The molecule has 1 saturated heterocycles. The van der Waals surface area contributed by atoms with Crippen LogP contribution < -0.4 is 10.1 Å². The molecule has 5 rings (SSSR count). The van der Waals surface area contributed by atoms with Crippen LogP contribution in [0.3, 0.4) is 0 Å². The van der Waals surface area contributed by atoms with Crippen LogP contribution in [0.15, 0.2) is 42.2 Å². The highest BCUT2D eigenvalue weighted by molar-refractivity contribution is 5.98. The number of allylic oxidation sites excluding steroid dienone is 2. The Balaban J connectivity index is 0.00000245. The normalized spacial score (nSPS) is 18.7. The topological polar surface area (TPSA) is 74.5 Å². The summed E-state index contributed by atoms with van der Waals surface area (Å²) in [4.78, 5) is 31.5. The molecule has 10 heteroatoms. The number of halogens is 3. The third-order valence-electron chi connectivity index (χ3n) is 5.50. The Morgan fingerprint density at radius 3 is 2.87 bits per heavy atom. The van der Waals surface area contributed by atoms with E-state index < -0.39 is 35.4 Å². The second-order valence-corrected chi connectivity index (χ2v) is 7.26. The molecule has 3 amide bonds. The number of hydrogen-bond acceptors (Lipinski definition) is 4. The van der Waals surface area contributed by atoms with Crippen LogP contribution in [0.25, 0.3) is 5.57 Å². The van der Waals surface area contributed by atoms with Gasteiger partial charge in [0.15, 0.2) is 11.6 Å². The Labute approximate surface area is 175 Å². The van der Waals surface area contributed by atoms with E-state index >= 15 is 0 Å². The number of rotatable bonds is 4. The van der Waals surface area contributed by atoms with Gasteiger partial charge in [-0.3, -0.25) is 9.69 Å². The number of carbonyl (C=O) groups excluding carboxylic acids is 2. The van der Waals surface area contributed by atoms with Gasteiger partial charge in [-0.15, -0.1) is 0 Å². The van der Waals surface area contributed by atoms with Crippen molar-refractivity contribution in [3.05, 3.63) is 70.8 Å². The zero-order chi connectivity index (χ0) is 21.9. The Bertz CT molecular complexity index is 1220. The third kappa shape index (κ3) is 3.02. The fourth-order valence-electron chi connectivity index (χ4n) is 3.91. The summed E-state index contributed by atoms with van der Waals surface area (Å²) in [5, 5.41) is 2.46. The lowest BCUT2D eigenvalue weighted by atomic mass is 10.1. The van der Waals surface area contributed by atoms with E-state index in [1.165, 1.54) is 24.1 Å². The van der Waals surface area contributed by atoms with Crippen LogP contribution in [0.1, 0.15) is 12.6 Å². The Kier molecular flexibility index (Phi) is 4.24. The quantitative estimate of drug-likeness (QED) is 0.756. The number of methoxy groups -OCH3 is 1. The molecule has 3 heterocycles. The summed E-state index contributed by atoms with van der Waals surface area (Å²) >= 11 is 0. The van der Waals surface area contributed by atoms with Gasteiger partial charge in [-0.1, -0.05) is 6.08 Å². The first-order valence-electron chi connectivity index (χ1n) is 9.35. The van der Waals surface area contributed by atoms with Crippen molar-refractivity contribution in [2.45, 2.75) is 12.6 Å². The van der Waals surface area contributed by atoms with Crippen LogP contribution in [0.5, 0.6) is 5.88 Å². The first kappa shape index (κ1) is 19.2. The van der Waals surface area contributed by atoms with Crippen molar-refractivity contribution in [3.8, 4) is 5.88 Å². The summed E-state index contributed by atoms with van der Waals surface area (Å²) < 4.78 is 47.0. The minimum Gasteiger partial charge on any atom is -0.481 e. The Morgan fingerprint density at radius 1 is 1.29 bits per heavy atom. The third-order valence-corrected chi connectivity index (χ3v) is 5.50. The number of nitrogens with one attached hydrogen (secondary N) is 1. The van der Waals surface area contributed by atoms with Crippen LogP contribution in [0.2, 0.25) is 0 Å². The van der Waals surface area contributed by atoms with Gasteiger partial charge in [-0.25, -0.2) is 22.9 Å². The van der Waals surface area contributed by atoms with Crippen molar-refractivity contribution in [2.24, 2.45) is 0 Å². The second-order valence-electron chi connectivity index (χ2n) is 7.26. The molecule has 1 aliphatic carbocycles. The highest BCUT2D eigenvalue weighted by Gasteiger charge is 2.51. The summed E-state index contributed by atoms with van der Waals surface area (Å²) in [5.41, 5.74) is 1.66. The monoisotopic (exact) mass is 430 g/mol. The molecule has 7 nitrogen and oxygen atoms in total. The maximum atomic E-state index is 14.3. The largest absolute Gasteiger partial charge is 0.481 e. The number of pyridine rings is 1. The molecular formula is C21H17F3N4O3. The van der Waals surface area contributed by atoms with E-state index in [2.05, 4.69) is 10.3 Å². The van der Waals surface area contributed by atoms with Crippen molar-refractivity contribution in [1.29, 1.82) is 0 Å². The molecule has 3 aliphatic rings. The predicted octanol–water partition coefficient (Wildman–Crippen LogP) is 3.29. The van der Waals surface area contributed by atoms with Gasteiger partial charge in [0.1, 0.15) is 18.4 Å². The number of carbonyl (C=O) groups is 2. The molecule has 0 unspecified atom stereocenters. The molecule has 0 bridgehead atoms. The van der Waals surface area contributed by atoms with E-state index in [4.69, 9.17) is 4.74 Å². The molecule has 1 atom stereocenters. The number of fused-ring (bicyclic) bond motifs is 2. The summed E-state index contributed by atoms with van der Waals surface area (Å²) in [7, 11) is 1.42. The van der Waals surface area contributed by atoms with Gasteiger partial charge >= 0.3 is 6.03 Å². The Hall–Kier alpha value is -3.82. The first-order valence-corrected chi connectivity index (χ1v) is 9.35. The van der Waals surface area contributed by atoms with E-state index in [9.17, 15) is 22.8 Å². The molecule has 2 aromatic rings. The predicted molar refractivity (Wildman–Crippen MR) is 105 cm³/mol. The molecule has 1 fully saturated rings. The average Bonchev–Trinajstić information content (AvgIpc) is 3.32. The molecule has 160 valence electrons. The van der Waals surface area contributed by atoms with E-state index in [0.717, 1.165) is 17.2 Å². The van der Waals surface area contributed by atoms with Crippen LogP contribution in [-0.2, 0) is 11.3 Å². The second kappa shape index (κ2) is 6.86. The van der Waals surface area contributed by atoms with E-state index in [-0.39, 0.29) is 37.2 Å². The fraction of sp³-hybridized carbons (Fsp3) is 0.190. The number of hydrogen-bond donors (Lipinski definition) is 1. The highest BCUT2D eigenvalue weighted by Crippen LogP contribution is 2.48. The molecular weight excluding hydrogens is 413 g/mol. The molecule has 0 spiro atoms. The lowest BCUT2D eigenvalue weighted by Crippen LogP contribution is -2.43. The average molecular weight is 430 g/mol. The molecule has 2 aliphatic heterocycles. The number of urea groups is 1. The number of ether oxygens (including phenoxy) is 1. The van der Waals surface area contributed by atoms with Crippen molar-refractivity contribution < 1.29 is 28.9 Å². The minimum absolute atomic E-state index is 0. The van der Waals surface area contributed by atoms with Crippen LogP contribution in [0, 0.1) is 17.5 Å². The molecule has 1 N–H and O–H groups in total. The number of nitrogens with zero attached hydrogens (tertiary/aromatic N) is 3. The number of aromatic nitrogens is 1. The summed E-state index contributed by atoms with van der Waals surface area (Å²) in [6.07, 6.45) is 4.46. The Morgan fingerprint density at radius 2 is 2.10 bits per heavy atom. The summed E-state index contributed by atoms with van der Waals surface area (Å²) in [5.74, 6) is -2.82. The van der Waals surface area contributed by atoms with Gasteiger partial charge < -0.3 is 15.0 Å². The number of anilines is 1. The standard InChI is InChI=1S/C21H15F3N4O3.H2/c1-31-17-6-11(14(23)7-25-17)10-2-5-16-20(10)28(16)18(29)9-27-8-12-15(26-21(27)30)4-3-13(22)19(12)24;/h2-7,20H,8-9H2,1H3,(H,26,30);1H/t20-,28?;/m1./s1. The fourth-order valence-corrected chi connectivity index (χ4v) is 3.91. The molecule has 1 aromatic carbocycles. The van der Waals surface area contributed by atoms with Gasteiger partial charge in [0, 0.05) is 24.3 Å². The zero-order valence-electron chi connectivity index (χ0n) is 16.2. The molecule has 0 saturated carbocycles. The number of benzene rings is 1. The smallest absolute Gasteiger partial charge is 0.322 e. The lowest BCUT2D eigenvalue weighted by Gasteiger charge is -2.29.